The molecule has 1 N–H and O–H groups in total. The van der Waals surface area contributed by atoms with Crippen molar-refractivity contribution in [1.82, 2.24) is 4.90 Å². The van der Waals surface area contributed by atoms with Crippen LogP contribution in [0.15, 0.2) is 18.2 Å². The van der Waals surface area contributed by atoms with Crippen molar-refractivity contribution >= 4 is 5.97 Å². The average molecular weight is 265 g/mol. The van der Waals surface area contributed by atoms with Gasteiger partial charge in [-0.05, 0) is 24.7 Å². The lowest BCUT2D eigenvalue weighted by Gasteiger charge is -2.17. The van der Waals surface area contributed by atoms with Crippen LogP contribution in [-0.2, 0) is 4.79 Å². The highest BCUT2D eigenvalue weighted by Crippen LogP contribution is 2.36. The first-order chi connectivity index (χ1) is 9.06. The SMILES string of the molecule is COc1ccc([C@@H]2CN(C)C[C@@H]2C(=O)O)cc1OC. The normalized spacial score (nSPS) is 23.3. The Kier molecular flexibility index (Phi) is 3.95. The van der Waals surface area contributed by atoms with E-state index in [1.165, 1.54) is 0 Å². The average Bonchev–Trinajstić information content (AvgIpc) is 2.80. The van der Waals surface area contributed by atoms with E-state index in [0.29, 0.717) is 18.0 Å². The molecule has 5 nitrogen and oxygen atoms in total. The molecule has 0 radical (unpaired) electrons. The predicted molar refractivity (Wildman–Crippen MR) is 70.9 cm³/mol. The summed E-state index contributed by atoms with van der Waals surface area (Å²) in [6.07, 6.45) is 0. The molecule has 0 aromatic heterocycles. The highest BCUT2D eigenvalue weighted by Gasteiger charge is 2.37. The van der Waals surface area contributed by atoms with Gasteiger partial charge in [-0.25, -0.2) is 0 Å². The number of rotatable bonds is 4. The summed E-state index contributed by atoms with van der Waals surface area (Å²) in [5, 5.41) is 9.31. The van der Waals surface area contributed by atoms with Gasteiger partial charge in [-0.15, -0.1) is 0 Å². The zero-order chi connectivity index (χ0) is 14.0. The van der Waals surface area contributed by atoms with Crippen LogP contribution in [0, 0.1) is 5.92 Å². The number of carboxylic acids is 1. The minimum atomic E-state index is -0.746. The predicted octanol–water partition coefficient (Wildman–Crippen LogP) is 1.43. The smallest absolute Gasteiger partial charge is 0.308 e. The van der Waals surface area contributed by atoms with Gasteiger partial charge in [0.05, 0.1) is 20.1 Å². The molecule has 2 rings (SSSR count). The first kappa shape index (κ1) is 13.7. The lowest BCUT2D eigenvalue weighted by Crippen LogP contribution is -2.21. The second kappa shape index (κ2) is 5.48. The zero-order valence-electron chi connectivity index (χ0n) is 11.4. The number of carboxylic acid groups (broad SMARTS) is 1. The Bertz CT molecular complexity index is 475. The van der Waals surface area contributed by atoms with Crippen LogP contribution >= 0.6 is 0 Å². The van der Waals surface area contributed by atoms with E-state index in [1.54, 1.807) is 14.2 Å². The summed E-state index contributed by atoms with van der Waals surface area (Å²) < 4.78 is 10.5. The molecule has 0 unspecified atom stereocenters. The molecule has 1 heterocycles. The largest absolute Gasteiger partial charge is 0.493 e. The number of hydrogen-bond donors (Lipinski definition) is 1. The first-order valence-electron chi connectivity index (χ1n) is 6.20. The van der Waals surface area contributed by atoms with Gasteiger partial charge in [-0.3, -0.25) is 4.79 Å². The van der Waals surface area contributed by atoms with Crippen LogP contribution in [0.3, 0.4) is 0 Å². The van der Waals surface area contributed by atoms with Crippen molar-refractivity contribution in [3.05, 3.63) is 23.8 Å². The summed E-state index contributed by atoms with van der Waals surface area (Å²) >= 11 is 0. The van der Waals surface area contributed by atoms with E-state index in [4.69, 9.17) is 9.47 Å². The molecule has 0 amide bonds. The second-order valence-corrected chi connectivity index (χ2v) is 4.89. The van der Waals surface area contributed by atoms with Gasteiger partial charge < -0.3 is 19.5 Å². The molecule has 1 aromatic rings. The number of likely N-dealkylation sites (tertiary alicyclic amines) is 1. The molecule has 1 aromatic carbocycles. The van der Waals surface area contributed by atoms with Gasteiger partial charge in [0.25, 0.3) is 0 Å². The van der Waals surface area contributed by atoms with Gasteiger partial charge in [0.15, 0.2) is 11.5 Å². The molecular formula is C14H19NO4. The standard InChI is InChI=1S/C14H19NO4/c1-15-7-10(11(8-15)14(16)17)9-4-5-12(18-2)13(6-9)19-3/h4-6,10-11H,7-8H2,1-3H3,(H,16,17)/t10-,11-/m0/s1. The lowest BCUT2D eigenvalue weighted by atomic mass is 9.89. The molecule has 2 atom stereocenters. The Balaban J connectivity index is 2.33. The third-order valence-corrected chi connectivity index (χ3v) is 3.66. The van der Waals surface area contributed by atoms with Crippen molar-refractivity contribution in [1.29, 1.82) is 0 Å². The van der Waals surface area contributed by atoms with Crippen LogP contribution in [0.25, 0.3) is 0 Å². The van der Waals surface area contributed by atoms with Gasteiger partial charge in [0, 0.05) is 19.0 Å². The number of hydrogen-bond acceptors (Lipinski definition) is 4. The van der Waals surface area contributed by atoms with Crippen LogP contribution in [0.4, 0.5) is 0 Å². The Hall–Kier alpha value is -1.75. The molecule has 0 bridgehead atoms. The summed E-state index contributed by atoms with van der Waals surface area (Å²) in [6.45, 7) is 1.32. The number of likely N-dealkylation sites (N-methyl/N-ethyl adjacent to an activating group) is 1. The molecule has 5 heteroatoms. The van der Waals surface area contributed by atoms with Crippen LogP contribution < -0.4 is 9.47 Å². The molecule has 0 aliphatic carbocycles. The van der Waals surface area contributed by atoms with Gasteiger partial charge in [-0.1, -0.05) is 6.07 Å². The summed E-state index contributed by atoms with van der Waals surface area (Å²) in [4.78, 5) is 13.4. The van der Waals surface area contributed by atoms with Crippen molar-refractivity contribution in [2.75, 3.05) is 34.4 Å². The summed E-state index contributed by atoms with van der Waals surface area (Å²) in [5.74, 6) is 0.165. The Labute approximate surface area is 112 Å². The maximum Gasteiger partial charge on any atom is 0.308 e. The van der Waals surface area contributed by atoms with E-state index in [9.17, 15) is 9.90 Å². The molecule has 1 fully saturated rings. The van der Waals surface area contributed by atoms with E-state index < -0.39 is 5.97 Å². The van der Waals surface area contributed by atoms with Crippen molar-refractivity contribution in [3.8, 4) is 11.5 Å². The summed E-state index contributed by atoms with van der Waals surface area (Å²) in [5.41, 5.74) is 0.981. The van der Waals surface area contributed by atoms with E-state index in [2.05, 4.69) is 0 Å². The fourth-order valence-corrected chi connectivity index (χ4v) is 2.67. The second-order valence-electron chi connectivity index (χ2n) is 4.89. The van der Waals surface area contributed by atoms with Crippen LogP contribution in [0.2, 0.25) is 0 Å². The highest BCUT2D eigenvalue weighted by atomic mass is 16.5. The highest BCUT2D eigenvalue weighted by molar-refractivity contribution is 5.72. The maximum absolute atomic E-state index is 11.3. The first-order valence-corrected chi connectivity index (χ1v) is 6.20. The third kappa shape index (κ3) is 2.66. The van der Waals surface area contributed by atoms with Crippen molar-refractivity contribution in [2.45, 2.75) is 5.92 Å². The minimum absolute atomic E-state index is 0.0118. The van der Waals surface area contributed by atoms with E-state index >= 15 is 0 Å². The number of ether oxygens (including phenoxy) is 2. The number of benzene rings is 1. The molecule has 104 valence electrons. The number of aliphatic carboxylic acids is 1. The zero-order valence-corrected chi connectivity index (χ0v) is 11.4. The van der Waals surface area contributed by atoms with E-state index in [0.717, 1.165) is 12.1 Å². The molecule has 1 aliphatic rings. The summed E-state index contributed by atoms with van der Waals surface area (Å²) in [6, 6.07) is 5.62. The third-order valence-electron chi connectivity index (χ3n) is 3.66. The number of methoxy groups -OCH3 is 2. The molecule has 1 saturated heterocycles. The number of carbonyl (C=O) groups is 1. The van der Waals surface area contributed by atoms with Gasteiger partial charge >= 0.3 is 5.97 Å². The fraction of sp³-hybridized carbons (Fsp3) is 0.500. The van der Waals surface area contributed by atoms with Gasteiger partial charge in [-0.2, -0.15) is 0 Å². The molecule has 1 aliphatic heterocycles. The maximum atomic E-state index is 11.3. The summed E-state index contributed by atoms with van der Waals surface area (Å²) in [7, 11) is 5.11. The van der Waals surface area contributed by atoms with Crippen LogP contribution in [-0.4, -0.2) is 50.3 Å². The Morgan fingerprint density at radius 3 is 2.53 bits per heavy atom. The fourth-order valence-electron chi connectivity index (χ4n) is 2.67. The number of nitrogens with zero attached hydrogens (tertiary/aromatic N) is 1. The molecule has 0 spiro atoms. The monoisotopic (exact) mass is 265 g/mol. The van der Waals surface area contributed by atoms with E-state index in [-0.39, 0.29) is 11.8 Å². The minimum Gasteiger partial charge on any atom is -0.493 e. The Morgan fingerprint density at radius 1 is 1.26 bits per heavy atom. The molecular weight excluding hydrogens is 246 g/mol. The molecule has 19 heavy (non-hydrogen) atoms. The Morgan fingerprint density at radius 2 is 1.95 bits per heavy atom. The van der Waals surface area contributed by atoms with Crippen molar-refractivity contribution in [3.63, 3.8) is 0 Å². The lowest BCUT2D eigenvalue weighted by molar-refractivity contribution is -0.141. The van der Waals surface area contributed by atoms with Gasteiger partial charge in [0.2, 0.25) is 0 Å². The quantitative estimate of drug-likeness (QED) is 0.892. The molecule has 0 saturated carbocycles. The van der Waals surface area contributed by atoms with Crippen molar-refractivity contribution < 1.29 is 19.4 Å². The van der Waals surface area contributed by atoms with Gasteiger partial charge in [0.1, 0.15) is 0 Å². The van der Waals surface area contributed by atoms with Crippen LogP contribution in [0.5, 0.6) is 11.5 Å². The van der Waals surface area contributed by atoms with Crippen molar-refractivity contribution in [2.24, 2.45) is 5.92 Å². The topological polar surface area (TPSA) is 59.0 Å². The van der Waals surface area contributed by atoms with E-state index in [1.807, 2.05) is 30.1 Å². The van der Waals surface area contributed by atoms with Crippen LogP contribution in [0.1, 0.15) is 11.5 Å².